The van der Waals surface area contributed by atoms with Gasteiger partial charge in [-0.25, -0.2) is 16.8 Å². The van der Waals surface area contributed by atoms with Crippen molar-refractivity contribution in [2.75, 3.05) is 96.3 Å². The van der Waals surface area contributed by atoms with Gasteiger partial charge in [0.1, 0.15) is 11.5 Å². The smallest absolute Gasteiger partial charge is 0.416 e. The molecule has 0 atom stereocenters. The van der Waals surface area contributed by atoms with Crippen molar-refractivity contribution in [1.29, 1.82) is 0 Å². The maximum atomic E-state index is 13.2. The highest BCUT2D eigenvalue weighted by atomic mass is 35.5. The van der Waals surface area contributed by atoms with Gasteiger partial charge in [0.25, 0.3) is 0 Å². The molecule has 6 aliphatic rings. The minimum Gasteiger partial charge on any atom is -0.457 e. The molecule has 6 N–H and O–H groups in total. The first kappa shape index (κ1) is 78.1. The van der Waals surface area contributed by atoms with Gasteiger partial charge in [-0.1, -0.05) is 64.6 Å². The molecule has 7 aromatic carbocycles. The number of sulfone groups is 1. The van der Waals surface area contributed by atoms with Crippen LogP contribution < -0.4 is 29.7 Å². The molecule has 590 valence electrons. The first-order valence-corrected chi connectivity index (χ1v) is 41.9. The summed E-state index contributed by atoms with van der Waals surface area (Å²) in [7, 11) is -4.61. The monoisotopic (exact) mass is 1660 g/mol. The summed E-state index contributed by atoms with van der Waals surface area (Å²) in [6.07, 6.45) is 14.9. The summed E-state index contributed by atoms with van der Waals surface area (Å²) in [5.74, 6) is 1.54. The standard InChI is InChI=1S/C19H17ClN4O.C16H19ClN4O.C15H19F3N4O2S.C14H14ClN5.C14H11ClN2O3S/c20-12-9-16-13(11-21-23-16)17(10-12)24-7-5-19(6-8-24)14-3-1-2-4-15(14)22-18(19)25;17-11-8-14-13(10-18-19-14)15(9-11)20-6-3-12(4-7-20)21-5-1-2-16(21)22;1-14(2)9-21(4-5-22(14)25(3,23)24)13-7-10(15(16,17)18)6-12-11(13)8-19-20-12;1-19-13-2-3-20(8-9(13)6-17-19)14-5-10(15)4-12-11(14)7-16-18-12;1-21(18,19)11-4-2-10(3-5-11)20-14-7-9(15)6-13-12(14)8-16-17-13/h1-4,9-11H,5-8H2,(H,21,23)(H,22,25);8-10,12H,1-7H2,(H,18,19);6-8H,4-5,9H2,1-3H3,(H,19,20);4-7H,2-3,8H2,1H3,(H,16,18);2-8H,1H3,(H,16,17). The Morgan fingerprint density at radius 1 is 0.549 bits per heavy atom. The van der Waals surface area contributed by atoms with Crippen LogP contribution >= 0.6 is 46.4 Å². The number of fused-ring (bicyclic) bond motifs is 8. The molecule has 0 aliphatic carbocycles. The van der Waals surface area contributed by atoms with Crippen molar-refractivity contribution in [3.63, 3.8) is 0 Å². The van der Waals surface area contributed by atoms with Gasteiger partial charge in [0.15, 0.2) is 9.84 Å². The number of amides is 2. The predicted octanol–water partition coefficient (Wildman–Crippen LogP) is 14.9. The van der Waals surface area contributed by atoms with Crippen molar-refractivity contribution >= 4 is 161 Å². The molecule has 0 unspecified atom stereocenters. The van der Waals surface area contributed by atoms with E-state index in [2.05, 4.69) is 87.1 Å². The molecule has 13 aromatic rings. The van der Waals surface area contributed by atoms with Gasteiger partial charge in [0.05, 0.1) is 92.3 Å². The van der Waals surface area contributed by atoms with Crippen molar-refractivity contribution in [1.82, 2.24) is 70.0 Å². The second kappa shape index (κ2) is 31.3. The van der Waals surface area contributed by atoms with E-state index in [1.807, 2.05) is 91.1 Å². The fourth-order valence-electron chi connectivity index (χ4n) is 16.3. The zero-order chi connectivity index (χ0) is 79.5. The number of hydrogen-bond donors (Lipinski definition) is 6. The number of para-hydroxylation sites is 1. The van der Waals surface area contributed by atoms with Crippen LogP contribution in [0.15, 0.2) is 151 Å². The molecule has 4 fully saturated rings. The number of piperidine rings is 2. The number of halogens is 7. The number of benzene rings is 7. The third-order valence-corrected chi connectivity index (χ3v) is 25.3. The van der Waals surface area contributed by atoms with E-state index in [9.17, 15) is 39.6 Å². The number of aromatic amines is 5. The van der Waals surface area contributed by atoms with Gasteiger partial charge in [0.2, 0.25) is 21.8 Å². The third-order valence-electron chi connectivity index (χ3n) is 21.8. The number of aromatic nitrogens is 12. The van der Waals surface area contributed by atoms with Crippen LogP contribution in [-0.2, 0) is 61.1 Å². The zero-order valence-electron chi connectivity index (χ0n) is 62.1. The molecular formula is C78H80Cl4F3N19O7S2. The third kappa shape index (κ3) is 16.4. The maximum Gasteiger partial charge on any atom is 0.416 e. The van der Waals surface area contributed by atoms with Crippen LogP contribution in [0.2, 0.25) is 20.1 Å². The molecule has 4 saturated heterocycles. The Hall–Kier alpha value is -10.2. The molecule has 26 nitrogen and oxygen atoms in total. The topological polar surface area (TPSA) is 304 Å². The Labute approximate surface area is 668 Å². The SMILES string of the molecule is CC1(C)CN(c2cc(C(F)(F)F)cc3[nH]ncc23)CCN1S(C)(=O)=O.CS(=O)(=O)c1ccc(Oc2cc(Cl)cc3[nH]ncc23)cc1.Cn1ncc2c1CCN(c1cc(Cl)cc3[nH]ncc13)C2.O=C1CCCN1C1CCN(c2cc(Cl)cc3[nH]ncc23)CC1.O=C1Nc2ccccc2C12CCN(c1cc(Cl)cc3[nH]ncc13)CC2. The van der Waals surface area contributed by atoms with Crippen LogP contribution in [0.1, 0.15) is 74.8 Å². The molecule has 0 saturated carbocycles. The number of likely N-dealkylation sites (tertiary alicyclic amines) is 1. The number of anilines is 5. The van der Waals surface area contributed by atoms with Crippen molar-refractivity contribution in [3.05, 3.63) is 189 Å². The van der Waals surface area contributed by atoms with Crippen molar-refractivity contribution in [2.45, 2.75) is 93.4 Å². The summed E-state index contributed by atoms with van der Waals surface area (Å²) in [5, 5.41) is 49.3. The van der Waals surface area contributed by atoms with Crippen molar-refractivity contribution in [3.8, 4) is 11.5 Å². The van der Waals surface area contributed by atoms with Crippen LogP contribution in [0.5, 0.6) is 11.5 Å². The molecule has 113 heavy (non-hydrogen) atoms. The van der Waals surface area contributed by atoms with Gasteiger partial charge < -0.3 is 34.6 Å². The molecule has 0 radical (unpaired) electrons. The summed E-state index contributed by atoms with van der Waals surface area (Å²) in [6.45, 7) is 10.6. The highest BCUT2D eigenvalue weighted by Gasteiger charge is 2.49. The molecule has 0 bridgehead atoms. The highest BCUT2D eigenvalue weighted by Crippen LogP contribution is 2.47. The summed E-state index contributed by atoms with van der Waals surface area (Å²) in [6, 6.07) is 31.9. The first-order chi connectivity index (χ1) is 53.9. The number of hydrogen-bond acceptors (Lipinski definition) is 17. The molecule has 6 aliphatic heterocycles. The van der Waals surface area contributed by atoms with E-state index in [0.717, 1.165) is 197 Å². The predicted molar refractivity (Wildman–Crippen MR) is 435 cm³/mol. The fraction of sp³-hybridized carbons (Fsp3) is 0.333. The number of nitrogens with zero attached hydrogens (tertiary/aromatic N) is 13. The fourth-order valence-corrected chi connectivity index (χ4v) is 19.2. The van der Waals surface area contributed by atoms with Crippen LogP contribution in [-0.4, -0.2) is 182 Å². The maximum absolute atomic E-state index is 13.2. The van der Waals surface area contributed by atoms with Crippen molar-refractivity contribution in [2.24, 2.45) is 7.05 Å². The number of nitrogens with one attached hydrogen (secondary N) is 6. The van der Waals surface area contributed by atoms with Crippen molar-refractivity contribution < 1.29 is 44.3 Å². The average Bonchev–Trinajstić information content (AvgIpc) is 1.64. The van der Waals surface area contributed by atoms with Crippen LogP contribution in [0.25, 0.3) is 54.5 Å². The number of rotatable bonds is 9. The molecule has 19 rings (SSSR count). The van der Waals surface area contributed by atoms with Crippen LogP contribution in [0, 0.1) is 0 Å². The highest BCUT2D eigenvalue weighted by molar-refractivity contribution is 7.90. The molecule has 35 heteroatoms. The van der Waals surface area contributed by atoms with Crippen LogP contribution in [0.3, 0.4) is 0 Å². The minimum absolute atomic E-state index is 0.132. The van der Waals surface area contributed by atoms with E-state index in [4.69, 9.17) is 51.1 Å². The number of aryl methyl sites for hydroxylation is 1. The zero-order valence-corrected chi connectivity index (χ0v) is 66.7. The lowest BCUT2D eigenvalue weighted by Gasteiger charge is -2.46. The largest absolute Gasteiger partial charge is 0.457 e. The average molecular weight is 1660 g/mol. The summed E-state index contributed by atoms with van der Waals surface area (Å²) in [4.78, 5) is 35.7. The second-order valence-electron chi connectivity index (χ2n) is 29.6. The van der Waals surface area contributed by atoms with Gasteiger partial charge in [-0.2, -0.15) is 48.1 Å². The number of carbonyl (C=O) groups is 2. The number of sulfonamides is 1. The van der Waals surface area contributed by atoms with E-state index >= 15 is 0 Å². The Morgan fingerprint density at radius 3 is 1.58 bits per heavy atom. The summed E-state index contributed by atoms with van der Waals surface area (Å²) in [5.41, 5.74) is 10.5. The van der Waals surface area contributed by atoms with E-state index in [-0.39, 0.29) is 23.9 Å². The lowest BCUT2D eigenvalue weighted by molar-refractivity contribution is -0.137. The first-order valence-electron chi connectivity index (χ1n) is 36.7. The van der Waals surface area contributed by atoms with Gasteiger partial charge in [0, 0.05) is 191 Å². The number of ether oxygens (including phenoxy) is 1. The van der Waals surface area contributed by atoms with Gasteiger partial charge >= 0.3 is 6.18 Å². The summed E-state index contributed by atoms with van der Waals surface area (Å²) >= 11 is 24.7. The number of piperazine rings is 1. The Morgan fingerprint density at radius 2 is 1.05 bits per heavy atom. The second-order valence-corrected chi connectivity index (χ2v) is 35.3. The molecule has 2 amide bonds. The van der Waals surface area contributed by atoms with E-state index in [1.165, 1.54) is 33.9 Å². The van der Waals surface area contributed by atoms with E-state index < -0.39 is 42.6 Å². The molecule has 1 spiro atoms. The Balaban J connectivity index is 0.000000112. The summed E-state index contributed by atoms with van der Waals surface area (Å²) < 4.78 is 95.4. The number of carbonyl (C=O) groups excluding carboxylic acids is 2. The Kier molecular flexibility index (Phi) is 21.7. The lowest BCUT2D eigenvalue weighted by Crippen LogP contribution is -2.60. The van der Waals surface area contributed by atoms with Gasteiger partial charge in [-0.3, -0.25) is 39.8 Å². The number of alkyl halides is 3. The lowest BCUT2D eigenvalue weighted by atomic mass is 9.73. The quantitative estimate of drug-likeness (QED) is 0.0782. The molecular weight excluding hydrogens is 1580 g/mol. The van der Waals surface area contributed by atoms with E-state index in [0.29, 0.717) is 56.6 Å². The molecule has 6 aromatic heterocycles. The van der Waals surface area contributed by atoms with E-state index in [1.54, 1.807) is 49.2 Å². The Bertz CT molecular complexity index is 5970. The van der Waals surface area contributed by atoms with Gasteiger partial charge in [-0.15, -0.1) is 0 Å². The minimum atomic E-state index is -4.47. The normalized spacial score (nSPS) is 17.2. The van der Waals surface area contributed by atoms with Crippen LogP contribution in [0.4, 0.5) is 41.6 Å². The van der Waals surface area contributed by atoms with Gasteiger partial charge in [-0.05, 0) is 136 Å². The molecule has 12 heterocycles. The number of H-pyrrole nitrogens is 5.